The van der Waals surface area contributed by atoms with E-state index in [1.807, 2.05) is 24.3 Å². The van der Waals surface area contributed by atoms with Crippen molar-refractivity contribution in [3.8, 4) is 11.5 Å². The zero-order valence-electron chi connectivity index (χ0n) is 19.4. The first-order valence-electron chi connectivity index (χ1n) is 11.7. The van der Waals surface area contributed by atoms with Gasteiger partial charge in [0, 0.05) is 42.2 Å². The van der Waals surface area contributed by atoms with Gasteiger partial charge in [-0.15, -0.1) is 0 Å². The Balaban J connectivity index is 1.25. The molecule has 35 heavy (non-hydrogen) atoms. The van der Waals surface area contributed by atoms with Gasteiger partial charge in [-0.2, -0.15) is 0 Å². The first kappa shape index (κ1) is 24.2. The zero-order valence-corrected chi connectivity index (χ0v) is 20.2. The standard InChI is InChI=1S/C27H27ClF2O5/c1-32-24-11-19(5-6-23(24)33-15-18-13-26(29,30)14-18)22(31)9-17-7-8-27(25(10-17)34-16-35-27)20-3-2-4-21(28)12-20/h2-7,11-12,18,25H,8-10,13-16H2,1H3. The highest BCUT2D eigenvalue weighted by Crippen LogP contribution is 2.46. The summed E-state index contributed by atoms with van der Waals surface area (Å²) < 4.78 is 49.1. The Morgan fingerprint density at radius 1 is 1.17 bits per heavy atom. The molecule has 186 valence electrons. The van der Waals surface area contributed by atoms with Gasteiger partial charge in [0.15, 0.2) is 17.3 Å². The lowest BCUT2D eigenvalue weighted by atomic mass is 9.77. The van der Waals surface area contributed by atoms with E-state index in [0.717, 1.165) is 11.1 Å². The highest BCUT2D eigenvalue weighted by molar-refractivity contribution is 6.30. The molecule has 1 heterocycles. The van der Waals surface area contributed by atoms with Crippen molar-refractivity contribution in [2.45, 2.75) is 49.7 Å². The highest BCUT2D eigenvalue weighted by atomic mass is 35.5. The summed E-state index contributed by atoms with van der Waals surface area (Å²) in [6, 6.07) is 12.6. The van der Waals surface area contributed by atoms with E-state index < -0.39 is 11.5 Å². The molecular weight excluding hydrogens is 478 g/mol. The first-order chi connectivity index (χ1) is 16.8. The molecule has 2 aromatic rings. The minimum absolute atomic E-state index is 0.0473. The van der Waals surface area contributed by atoms with Crippen LogP contribution in [0.3, 0.4) is 0 Å². The average Bonchev–Trinajstić information content (AvgIpc) is 3.25. The maximum absolute atomic E-state index is 13.1. The smallest absolute Gasteiger partial charge is 0.248 e. The molecule has 2 fully saturated rings. The Morgan fingerprint density at radius 2 is 2.00 bits per heavy atom. The van der Waals surface area contributed by atoms with Crippen LogP contribution in [0, 0.1) is 5.92 Å². The van der Waals surface area contributed by atoms with Gasteiger partial charge in [-0.3, -0.25) is 4.79 Å². The number of Topliss-reactive ketones (excluding diaryl/α,β-unsaturated/α-hetero) is 1. The molecule has 0 aromatic heterocycles. The Morgan fingerprint density at radius 3 is 2.74 bits per heavy atom. The van der Waals surface area contributed by atoms with Crippen LogP contribution in [-0.2, 0) is 15.1 Å². The largest absolute Gasteiger partial charge is 0.493 e. The van der Waals surface area contributed by atoms with Crippen molar-refractivity contribution in [1.82, 2.24) is 0 Å². The molecule has 2 aliphatic carbocycles. The number of benzene rings is 2. The first-order valence-corrected chi connectivity index (χ1v) is 12.1. The predicted molar refractivity (Wildman–Crippen MR) is 126 cm³/mol. The van der Waals surface area contributed by atoms with Gasteiger partial charge in [-0.25, -0.2) is 8.78 Å². The molecule has 5 nitrogen and oxygen atoms in total. The Kier molecular flexibility index (Phi) is 6.59. The van der Waals surface area contributed by atoms with Gasteiger partial charge in [0.2, 0.25) is 5.92 Å². The fourth-order valence-corrected chi connectivity index (χ4v) is 5.33. The third-order valence-corrected chi connectivity index (χ3v) is 7.32. The van der Waals surface area contributed by atoms with Crippen LogP contribution in [0.25, 0.3) is 0 Å². The summed E-state index contributed by atoms with van der Waals surface area (Å²) in [5, 5.41) is 0.642. The monoisotopic (exact) mass is 504 g/mol. The summed E-state index contributed by atoms with van der Waals surface area (Å²) in [6.45, 7) is 0.396. The van der Waals surface area contributed by atoms with Crippen LogP contribution in [-0.4, -0.2) is 38.3 Å². The topological polar surface area (TPSA) is 54.0 Å². The van der Waals surface area contributed by atoms with Crippen molar-refractivity contribution in [3.63, 3.8) is 0 Å². The van der Waals surface area contributed by atoms with E-state index in [0.29, 0.717) is 34.9 Å². The molecule has 1 saturated carbocycles. The van der Waals surface area contributed by atoms with E-state index in [9.17, 15) is 13.6 Å². The minimum Gasteiger partial charge on any atom is -0.493 e. The van der Waals surface area contributed by atoms with E-state index in [2.05, 4.69) is 6.08 Å². The number of carbonyl (C=O) groups excluding carboxylic acids is 1. The highest BCUT2D eigenvalue weighted by Gasteiger charge is 2.49. The molecule has 0 bridgehead atoms. The third kappa shape index (κ3) is 4.95. The number of ether oxygens (including phenoxy) is 4. The second-order valence-electron chi connectivity index (χ2n) is 9.49. The lowest BCUT2D eigenvalue weighted by molar-refractivity contribution is -0.119. The molecule has 2 unspecified atom stereocenters. The third-order valence-electron chi connectivity index (χ3n) is 7.08. The van der Waals surface area contributed by atoms with Crippen molar-refractivity contribution >= 4 is 17.4 Å². The molecule has 0 spiro atoms. The summed E-state index contributed by atoms with van der Waals surface area (Å²) in [4.78, 5) is 13.1. The number of hydrogen-bond donors (Lipinski definition) is 0. The van der Waals surface area contributed by atoms with Gasteiger partial charge in [0.05, 0.1) is 19.8 Å². The fourth-order valence-electron chi connectivity index (χ4n) is 5.14. The summed E-state index contributed by atoms with van der Waals surface area (Å²) in [6.07, 6.45) is 2.99. The summed E-state index contributed by atoms with van der Waals surface area (Å²) in [5.74, 6) is -1.94. The van der Waals surface area contributed by atoms with E-state index in [4.69, 9.17) is 30.5 Å². The lowest BCUT2D eigenvalue weighted by Gasteiger charge is -2.36. The van der Waals surface area contributed by atoms with Gasteiger partial charge in [0.1, 0.15) is 12.4 Å². The Bertz CT molecular complexity index is 1140. The fraction of sp³-hybridized carbons (Fsp3) is 0.444. The van der Waals surface area contributed by atoms with Crippen LogP contribution in [0.1, 0.15) is 48.0 Å². The number of hydrogen-bond acceptors (Lipinski definition) is 5. The van der Waals surface area contributed by atoms with Crippen LogP contribution < -0.4 is 9.47 Å². The SMILES string of the molecule is COc1cc(C(=O)CC2=CCC3(c4cccc(Cl)c4)OCOC3C2)ccc1OCC1CC(F)(F)C1. The molecule has 5 rings (SSSR count). The Labute approximate surface area is 208 Å². The molecule has 0 N–H and O–H groups in total. The van der Waals surface area contributed by atoms with Crippen LogP contribution in [0.15, 0.2) is 54.1 Å². The van der Waals surface area contributed by atoms with Gasteiger partial charge in [0.25, 0.3) is 0 Å². The van der Waals surface area contributed by atoms with Crippen LogP contribution in [0.4, 0.5) is 8.78 Å². The average molecular weight is 505 g/mol. The number of fused-ring (bicyclic) bond motifs is 1. The number of alkyl halides is 2. The van der Waals surface area contributed by atoms with Gasteiger partial charge in [-0.1, -0.05) is 35.4 Å². The van der Waals surface area contributed by atoms with E-state index >= 15 is 0 Å². The van der Waals surface area contributed by atoms with E-state index in [1.165, 1.54) is 7.11 Å². The van der Waals surface area contributed by atoms with E-state index in [1.54, 1.807) is 18.2 Å². The molecular formula is C27H27ClF2O5. The Hall–Kier alpha value is -2.48. The number of methoxy groups -OCH3 is 1. The van der Waals surface area contributed by atoms with Gasteiger partial charge in [-0.05, 0) is 42.3 Å². The number of carbonyl (C=O) groups is 1. The van der Waals surface area contributed by atoms with Crippen molar-refractivity contribution in [3.05, 3.63) is 70.3 Å². The summed E-state index contributed by atoms with van der Waals surface area (Å²) >= 11 is 6.20. The summed E-state index contributed by atoms with van der Waals surface area (Å²) in [7, 11) is 1.49. The van der Waals surface area contributed by atoms with Crippen molar-refractivity contribution in [2.75, 3.05) is 20.5 Å². The summed E-state index contributed by atoms with van der Waals surface area (Å²) in [5.41, 5.74) is 1.87. The van der Waals surface area contributed by atoms with Gasteiger partial charge < -0.3 is 18.9 Å². The number of halogens is 3. The lowest BCUT2D eigenvalue weighted by Crippen LogP contribution is -2.39. The molecule has 0 amide bonds. The van der Waals surface area contributed by atoms with Crippen molar-refractivity contribution < 1.29 is 32.5 Å². The van der Waals surface area contributed by atoms with Gasteiger partial charge >= 0.3 is 0 Å². The second kappa shape index (κ2) is 9.52. The van der Waals surface area contributed by atoms with Crippen LogP contribution in [0.5, 0.6) is 11.5 Å². The molecule has 1 saturated heterocycles. The normalized spacial score (nSPS) is 25.4. The van der Waals surface area contributed by atoms with Crippen molar-refractivity contribution in [2.24, 2.45) is 5.92 Å². The molecule has 0 radical (unpaired) electrons. The quantitative estimate of drug-likeness (QED) is 0.310. The second-order valence-corrected chi connectivity index (χ2v) is 9.93. The van der Waals surface area contributed by atoms with Crippen molar-refractivity contribution in [1.29, 1.82) is 0 Å². The zero-order chi connectivity index (χ0) is 24.6. The predicted octanol–water partition coefficient (Wildman–Crippen LogP) is 6.33. The number of rotatable bonds is 8. The van der Waals surface area contributed by atoms with Crippen LogP contribution >= 0.6 is 11.6 Å². The maximum atomic E-state index is 13.1. The molecule has 3 aliphatic rings. The molecule has 2 aromatic carbocycles. The minimum atomic E-state index is -2.58. The molecule has 1 aliphatic heterocycles. The maximum Gasteiger partial charge on any atom is 0.248 e. The van der Waals surface area contributed by atoms with E-state index in [-0.39, 0.29) is 50.5 Å². The molecule has 8 heteroatoms. The number of ketones is 1. The molecule has 2 atom stereocenters. The van der Waals surface area contributed by atoms with Crippen LogP contribution in [0.2, 0.25) is 5.02 Å².